The highest BCUT2D eigenvalue weighted by Gasteiger charge is 2.54. The summed E-state index contributed by atoms with van der Waals surface area (Å²) in [6.45, 7) is 2.19. The van der Waals surface area contributed by atoms with Gasteiger partial charge in [-0.05, 0) is 60.7 Å². The van der Waals surface area contributed by atoms with Gasteiger partial charge in [0.2, 0.25) is 0 Å². The van der Waals surface area contributed by atoms with Crippen molar-refractivity contribution in [2.45, 2.75) is 31.3 Å². The zero-order chi connectivity index (χ0) is 32.3. The summed E-state index contributed by atoms with van der Waals surface area (Å²) in [5, 5.41) is 24.7. The SMILES string of the molecule is O=C(NCCOCCOCCCCCCCl)c1ccc2c(c1)C(=O)OC21c2cc(Cl)c(O)cc2Oc2c1ccc1cc(O)ccc21. The van der Waals surface area contributed by atoms with Crippen LogP contribution in [0, 0.1) is 0 Å². The average molecular weight is 667 g/mol. The topological polar surface area (TPSA) is 124 Å². The van der Waals surface area contributed by atoms with Crippen molar-refractivity contribution in [1.29, 1.82) is 0 Å². The lowest BCUT2D eigenvalue weighted by molar-refractivity contribution is 0.0225. The minimum atomic E-state index is -1.46. The number of carbonyl (C=O) groups is 2. The molecule has 9 nitrogen and oxygen atoms in total. The Bertz CT molecular complexity index is 1790. The number of carbonyl (C=O) groups excluding carboxylic acids is 2. The van der Waals surface area contributed by atoms with Crippen LogP contribution in [-0.4, -0.2) is 60.9 Å². The molecule has 46 heavy (non-hydrogen) atoms. The van der Waals surface area contributed by atoms with E-state index < -0.39 is 11.6 Å². The van der Waals surface area contributed by atoms with Gasteiger partial charge in [-0.3, -0.25) is 4.79 Å². The van der Waals surface area contributed by atoms with E-state index in [2.05, 4.69) is 5.32 Å². The van der Waals surface area contributed by atoms with E-state index in [4.69, 9.17) is 42.1 Å². The summed E-state index contributed by atoms with van der Waals surface area (Å²) >= 11 is 12.0. The summed E-state index contributed by atoms with van der Waals surface area (Å²) in [4.78, 5) is 26.5. The van der Waals surface area contributed by atoms with Gasteiger partial charge in [-0.15, -0.1) is 11.6 Å². The summed E-state index contributed by atoms with van der Waals surface area (Å²) in [5.41, 5.74) is 0.512. The van der Waals surface area contributed by atoms with Gasteiger partial charge in [0.1, 0.15) is 23.0 Å². The largest absolute Gasteiger partial charge is 0.508 e. The van der Waals surface area contributed by atoms with Crippen LogP contribution in [0.1, 0.15) is 63.1 Å². The third kappa shape index (κ3) is 6.08. The van der Waals surface area contributed by atoms with Crippen molar-refractivity contribution in [2.75, 3.05) is 38.9 Å². The predicted octanol–water partition coefficient (Wildman–Crippen LogP) is 7.03. The Hall–Kier alpha value is -4.02. The number of hydrogen-bond acceptors (Lipinski definition) is 8. The second kappa shape index (κ2) is 13.8. The normalized spacial score (nSPS) is 16.1. The first kappa shape index (κ1) is 31.9. The molecule has 4 aromatic rings. The molecule has 2 heterocycles. The number of aromatic hydroxyl groups is 2. The third-order valence-electron chi connectivity index (χ3n) is 8.18. The van der Waals surface area contributed by atoms with Crippen molar-refractivity contribution in [3.05, 3.63) is 93.5 Å². The van der Waals surface area contributed by atoms with Crippen LogP contribution in [0.4, 0.5) is 0 Å². The Kier molecular flexibility index (Phi) is 9.56. The smallest absolute Gasteiger partial charge is 0.340 e. The van der Waals surface area contributed by atoms with Crippen molar-refractivity contribution in [3.8, 4) is 23.0 Å². The molecule has 0 saturated heterocycles. The van der Waals surface area contributed by atoms with Crippen molar-refractivity contribution >= 4 is 45.9 Å². The van der Waals surface area contributed by atoms with Crippen LogP contribution >= 0.6 is 23.2 Å². The number of alkyl halides is 1. The quantitative estimate of drug-likeness (QED) is 0.0790. The number of rotatable bonds is 13. The van der Waals surface area contributed by atoms with E-state index in [1.807, 2.05) is 0 Å². The van der Waals surface area contributed by atoms with Gasteiger partial charge in [-0.25, -0.2) is 4.79 Å². The lowest BCUT2D eigenvalue weighted by Gasteiger charge is -2.37. The molecule has 1 unspecified atom stereocenters. The van der Waals surface area contributed by atoms with E-state index in [-0.39, 0.29) is 45.9 Å². The molecule has 3 N–H and O–H groups in total. The van der Waals surface area contributed by atoms with Gasteiger partial charge in [-0.2, -0.15) is 0 Å². The highest BCUT2D eigenvalue weighted by atomic mass is 35.5. The number of benzene rings is 4. The van der Waals surface area contributed by atoms with Crippen LogP contribution in [0.15, 0.2) is 60.7 Å². The molecule has 1 atom stereocenters. The van der Waals surface area contributed by atoms with Crippen LogP contribution in [0.3, 0.4) is 0 Å². The van der Waals surface area contributed by atoms with Gasteiger partial charge in [0, 0.05) is 52.7 Å². The summed E-state index contributed by atoms with van der Waals surface area (Å²) < 4.78 is 23.6. The fourth-order valence-corrected chi connectivity index (χ4v) is 6.31. The first-order valence-corrected chi connectivity index (χ1v) is 16.1. The van der Waals surface area contributed by atoms with Gasteiger partial charge in [0.15, 0.2) is 5.60 Å². The maximum absolute atomic E-state index is 13.5. The Balaban J connectivity index is 1.19. The van der Waals surface area contributed by atoms with Crippen LogP contribution in [-0.2, 0) is 19.8 Å². The molecule has 0 saturated carbocycles. The lowest BCUT2D eigenvalue weighted by Crippen LogP contribution is -2.33. The molecule has 1 amide bonds. The van der Waals surface area contributed by atoms with E-state index in [0.717, 1.165) is 25.7 Å². The Morgan fingerprint density at radius 2 is 1.63 bits per heavy atom. The van der Waals surface area contributed by atoms with Crippen LogP contribution in [0.2, 0.25) is 5.02 Å². The maximum Gasteiger partial charge on any atom is 0.340 e. The second-order valence-corrected chi connectivity index (χ2v) is 11.9. The molecule has 240 valence electrons. The maximum atomic E-state index is 13.5. The van der Waals surface area contributed by atoms with Gasteiger partial charge in [0.05, 0.1) is 30.4 Å². The third-order valence-corrected chi connectivity index (χ3v) is 8.75. The predicted molar refractivity (Wildman–Crippen MR) is 174 cm³/mol. The number of phenolic OH excluding ortho intramolecular Hbond substituents is 2. The molecule has 0 aromatic heterocycles. The summed E-state index contributed by atoms with van der Waals surface area (Å²) in [5.74, 6) is 0.261. The standard InChI is InChI=1S/C35H33Cl2NO8/c36-11-3-1-2-4-13-43-15-16-44-14-12-38-33(41)22-6-9-26-25(18-22)34(42)46-35(26)27-10-5-21-17-23(39)7-8-24(21)32(27)45-31-20-30(40)29(37)19-28(31)35/h5-10,17-20,39-40H,1-4,11-16H2,(H,38,41). The fourth-order valence-electron chi connectivity index (χ4n) is 5.96. The minimum Gasteiger partial charge on any atom is -0.508 e. The number of esters is 1. The van der Waals surface area contributed by atoms with Gasteiger partial charge >= 0.3 is 5.97 Å². The molecule has 2 aliphatic heterocycles. The molecular weight excluding hydrogens is 633 g/mol. The number of unbranched alkanes of at least 4 members (excludes halogenated alkanes) is 3. The summed E-state index contributed by atoms with van der Waals surface area (Å²) in [6.07, 6.45) is 4.22. The van der Waals surface area contributed by atoms with Crippen LogP contribution in [0.5, 0.6) is 23.0 Å². The van der Waals surface area contributed by atoms with Crippen molar-refractivity contribution < 1.29 is 38.7 Å². The van der Waals surface area contributed by atoms with E-state index >= 15 is 0 Å². The molecule has 2 aliphatic rings. The van der Waals surface area contributed by atoms with Gasteiger partial charge in [-0.1, -0.05) is 36.6 Å². The first-order chi connectivity index (χ1) is 22.3. The molecule has 0 fully saturated rings. The monoisotopic (exact) mass is 665 g/mol. The van der Waals surface area contributed by atoms with E-state index in [1.165, 1.54) is 18.2 Å². The number of amides is 1. The zero-order valence-corrected chi connectivity index (χ0v) is 26.5. The van der Waals surface area contributed by atoms with Crippen LogP contribution < -0.4 is 10.1 Å². The summed E-state index contributed by atoms with van der Waals surface area (Å²) in [6, 6.07) is 16.2. The molecule has 0 radical (unpaired) electrons. The Morgan fingerprint density at radius 3 is 2.46 bits per heavy atom. The van der Waals surface area contributed by atoms with Crippen molar-refractivity contribution in [1.82, 2.24) is 5.32 Å². The number of nitrogens with one attached hydrogen (secondary N) is 1. The molecule has 0 aliphatic carbocycles. The number of halogens is 2. The highest BCUT2D eigenvalue weighted by molar-refractivity contribution is 6.32. The molecule has 11 heteroatoms. The number of phenols is 2. The molecule has 4 aromatic carbocycles. The fraction of sp³-hybridized carbons (Fsp3) is 0.314. The lowest BCUT2D eigenvalue weighted by atomic mass is 9.76. The van der Waals surface area contributed by atoms with Crippen molar-refractivity contribution in [3.63, 3.8) is 0 Å². The number of fused-ring (bicyclic) bond motifs is 8. The number of hydrogen-bond donors (Lipinski definition) is 3. The van der Waals surface area contributed by atoms with E-state index in [9.17, 15) is 19.8 Å². The van der Waals surface area contributed by atoms with Gasteiger partial charge in [0.25, 0.3) is 5.91 Å². The Morgan fingerprint density at radius 1 is 0.848 bits per heavy atom. The first-order valence-electron chi connectivity index (χ1n) is 15.2. The number of ether oxygens (including phenoxy) is 4. The molecule has 0 bridgehead atoms. The van der Waals surface area contributed by atoms with Crippen LogP contribution in [0.25, 0.3) is 10.8 Å². The average Bonchev–Trinajstić information content (AvgIpc) is 3.34. The summed E-state index contributed by atoms with van der Waals surface area (Å²) in [7, 11) is 0. The van der Waals surface area contributed by atoms with E-state index in [1.54, 1.807) is 42.5 Å². The molecule has 1 spiro atoms. The van der Waals surface area contributed by atoms with Crippen molar-refractivity contribution in [2.24, 2.45) is 0 Å². The minimum absolute atomic E-state index is 0.0586. The van der Waals surface area contributed by atoms with E-state index in [0.29, 0.717) is 65.5 Å². The zero-order valence-electron chi connectivity index (χ0n) is 24.9. The Labute approximate surface area is 275 Å². The molecular formula is C35H33Cl2NO8. The second-order valence-electron chi connectivity index (χ2n) is 11.2. The van der Waals surface area contributed by atoms with Gasteiger partial charge < -0.3 is 34.5 Å². The molecule has 6 rings (SSSR count). The highest BCUT2D eigenvalue weighted by Crippen LogP contribution is 2.58.